The van der Waals surface area contributed by atoms with Crippen LogP contribution in [0.25, 0.3) is 0 Å². The van der Waals surface area contributed by atoms with Gasteiger partial charge in [-0.25, -0.2) is 0 Å². The van der Waals surface area contributed by atoms with E-state index in [0.29, 0.717) is 19.1 Å². The van der Waals surface area contributed by atoms with Crippen LogP contribution in [0.1, 0.15) is 39.7 Å². The molecule has 0 fully saturated rings. The van der Waals surface area contributed by atoms with Gasteiger partial charge in [-0.3, -0.25) is 4.90 Å². The molecule has 0 aliphatic rings. The molecule has 0 bridgehead atoms. The van der Waals surface area contributed by atoms with Gasteiger partial charge in [0.2, 0.25) is 0 Å². The summed E-state index contributed by atoms with van der Waals surface area (Å²) in [6, 6.07) is 8.11. The number of ether oxygens (including phenoxy) is 2. The van der Waals surface area contributed by atoms with Crippen molar-refractivity contribution in [1.82, 2.24) is 4.90 Å². The average molecular weight is 323 g/mol. The second-order valence-corrected chi connectivity index (χ2v) is 6.81. The lowest BCUT2D eigenvalue weighted by atomic mass is 10.1. The maximum absolute atomic E-state index is 10.2. The highest BCUT2D eigenvalue weighted by atomic mass is 16.5. The summed E-state index contributed by atoms with van der Waals surface area (Å²) in [7, 11) is 1.68. The normalized spacial score (nSPS) is 13.1. The molecule has 0 saturated carbocycles. The first-order valence-electron chi connectivity index (χ1n) is 8.55. The monoisotopic (exact) mass is 323 g/mol. The van der Waals surface area contributed by atoms with Crippen molar-refractivity contribution in [2.45, 2.75) is 52.9 Å². The van der Waals surface area contributed by atoms with Crippen molar-refractivity contribution < 1.29 is 14.6 Å². The number of aliphatic hydroxyl groups excluding tert-OH is 1. The molecule has 0 aliphatic carbocycles. The Balaban J connectivity index is 2.63. The number of nitrogens with zero attached hydrogens (tertiary/aromatic N) is 1. The van der Waals surface area contributed by atoms with Crippen LogP contribution in [-0.2, 0) is 11.3 Å². The number of rotatable bonds is 11. The Hall–Kier alpha value is -1.10. The van der Waals surface area contributed by atoms with Crippen molar-refractivity contribution >= 4 is 0 Å². The topological polar surface area (TPSA) is 41.9 Å². The molecule has 1 aromatic carbocycles. The molecule has 4 heteroatoms. The maximum Gasteiger partial charge on any atom is 0.119 e. The predicted molar refractivity (Wildman–Crippen MR) is 94.8 cm³/mol. The van der Waals surface area contributed by atoms with Crippen LogP contribution in [0.2, 0.25) is 0 Å². The molecule has 1 rings (SSSR count). The van der Waals surface area contributed by atoms with Gasteiger partial charge in [0.25, 0.3) is 0 Å². The molecule has 23 heavy (non-hydrogen) atoms. The minimum atomic E-state index is -0.463. The number of aliphatic hydroxyl groups is 1. The van der Waals surface area contributed by atoms with Gasteiger partial charge in [0, 0.05) is 13.1 Å². The molecule has 4 nitrogen and oxygen atoms in total. The smallest absolute Gasteiger partial charge is 0.119 e. The van der Waals surface area contributed by atoms with Crippen LogP contribution in [0.4, 0.5) is 0 Å². The summed E-state index contributed by atoms with van der Waals surface area (Å²) in [6.45, 7) is 11.2. The highest BCUT2D eigenvalue weighted by molar-refractivity contribution is 5.28. The Labute approximate surface area is 141 Å². The minimum Gasteiger partial charge on any atom is -0.497 e. The summed E-state index contributed by atoms with van der Waals surface area (Å²) in [5.74, 6) is 1.52. The van der Waals surface area contributed by atoms with E-state index in [-0.39, 0.29) is 6.10 Å². The van der Waals surface area contributed by atoms with Crippen molar-refractivity contribution in [3.8, 4) is 5.75 Å². The van der Waals surface area contributed by atoms with Crippen LogP contribution in [-0.4, -0.2) is 49.0 Å². The molecular formula is C19H33NO3. The van der Waals surface area contributed by atoms with E-state index in [1.807, 2.05) is 26.0 Å². The fraction of sp³-hybridized carbons (Fsp3) is 0.684. The van der Waals surface area contributed by atoms with E-state index < -0.39 is 6.10 Å². The molecule has 1 aromatic rings. The second kappa shape index (κ2) is 10.6. The van der Waals surface area contributed by atoms with Crippen molar-refractivity contribution in [3.05, 3.63) is 29.8 Å². The van der Waals surface area contributed by atoms with E-state index in [1.54, 1.807) is 7.11 Å². The van der Waals surface area contributed by atoms with Crippen molar-refractivity contribution in [1.29, 1.82) is 0 Å². The molecule has 0 aliphatic heterocycles. The molecule has 1 atom stereocenters. The van der Waals surface area contributed by atoms with Gasteiger partial charge in [-0.15, -0.1) is 0 Å². The maximum atomic E-state index is 10.2. The molecule has 0 saturated heterocycles. The summed E-state index contributed by atoms with van der Waals surface area (Å²) >= 11 is 0. The Morgan fingerprint density at radius 3 is 2.52 bits per heavy atom. The minimum absolute atomic E-state index is 0.146. The van der Waals surface area contributed by atoms with E-state index in [1.165, 1.54) is 5.56 Å². The molecule has 0 unspecified atom stereocenters. The Morgan fingerprint density at radius 1 is 1.17 bits per heavy atom. The van der Waals surface area contributed by atoms with E-state index in [0.717, 1.165) is 25.3 Å². The van der Waals surface area contributed by atoms with E-state index in [2.05, 4.69) is 30.9 Å². The SMILES string of the molecule is COc1cccc(CN(CCC(C)C)C[C@H](O)COC(C)C)c1. The third kappa shape index (κ3) is 8.94. The Kier molecular flexibility index (Phi) is 9.22. The van der Waals surface area contributed by atoms with Crippen LogP contribution in [0.3, 0.4) is 0 Å². The van der Waals surface area contributed by atoms with Crippen LogP contribution >= 0.6 is 0 Å². The Morgan fingerprint density at radius 2 is 1.91 bits per heavy atom. The lowest BCUT2D eigenvalue weighted by Gasteiger charge is -2.26. The summed E-state index contributed by atoms with van der Waals surface area (Å²) in [4.78, 5) is 2.29. The first kappa shape index (κ1) is 19.9. The molecule has 0 aromatic heterocycles. The van der Waals surface area contributed by atoms with Crippen molar-refractivity contribution in [3.63, 3.8) is 0 Å². The van der Waals surface area contributed by atoms with E-state index >= 15 is 0 Å². The van der Waals surface area contributed by atoms with Gasteiger partial charge in [-0.2, -0.15) is 0 Å². The fourth-order valence-corrected chi connectivity index (χ4v) is 2.36. The Bertz CT molecular complexity index is 434. The molecule has 0 amide bonds. The van der Waals surface area contributed by atoms with E-state index in [4.69, 9.17) is 9.47 Å². The van der Waals surface area contributed by atoms with Crippen LogP contribution in [0.15, 0.2) is 24.3 Å². The second-order valence-electron chi connectivity index (χ2n) is 6.81. The first-order chi connectivity index (χ1) is 10.9. The third-order valence-corrected chi connectivity index (χ3v) is 3.65. The van der Waals surface area contributed by atoms with Gasteiger partial charge in [0.05, 0.1) is 25.9 Å². The lowest BCUT2D eigenvalue weighted by Crippen LogP contribution is -2.36. The molecular weight excluding hydrogens is 290 g/mol. The van der Waals surface area contributed by atoms with Gasteiger partial charge in [0.15, 0.2) is 0 Å². The summed E-state index contributed by atoms with van der Waals surface area (Å²) in [5, 5.41) is 10.2. The summed E-state index contributed by atoms with van der Waals surface area (Å²) in [6.07, 6.45) is 0.796. The van der Waals surface area contributed by atoms with Crippen LogP contribution < -0.4 is 4.74 Å². The molecule has 132 valence electrons. The molecule has 0 spiro atoms. The van der Waals surface area contributed by atoms with E-state index in [9.17, 15) is 5.11 Å². The van der Waals surface area contributed by atoms with Crippen molar-refractivity contribution in [2.24, 2.45) is 5.92 Å². The zero-order chi connectivity index (χ0) is 17.2. The molecule has 0 heterocycles. The van der Waals surface area contributed by atoms with Gasteiger partial charge in [-0.05, 0) is 50.4 Å². The van der Waals surface area contributed by atoms with Gasteiger partial charge < -0.3 is 14.6 Å². The standard InChI is InChI=1S/C19H33NO3/c1-15(2)9-10-20(13-18(21)14-23-16(3)4)12-17-7-6-8-19(11-17)22-5/h6-8,11,15-16,18,21H,9-10,12-14H2,1-5H3/t18-/m0/s1. The van der Waals surface area contributed by atoms with Gasteiger partial charge in [0.1, 0.15) is 5.75 Å². The number of methoxy groups -OCH3 is 1. The average Bonchev–Trinajstić information content (AvgIpc) is 2.50. The number of hydrogen-bond acceptors (Lipinski definition) is 4. The highest BCUT2D eigenvalue weighted by Crippen LogP contribution is 2.15. The van der Waals surface area contributed by atoms with Gasteiger partial charge >= 0.3 is 0 Å². The number of hydrogen-bond donors (Lipinski definition) is 1. The van der Waals surface area contributed by atoms with Gasteiger partial charge in [-0.1, -0.05) is 26.0 Å². The predicted octanol–water partition coefficient (Wildman–Crippen LogP) is 3.33. The fourth-order valence-electron chi connectivity index (χ4n) is 2.36. The highest BCUT2D eigenvalue weighted by Gasteiger charge is 2.14. The zero-order valence-electron chi connectivity index (χ0n) is 15.3. The largest absolute Gasteiger partial charge is 0.497 e. The third-order valence-electron chi connectivity index (χ3n) is 3.65. The lowest BCUT2D eigenvalue weighted by molar-refractivity contribution is -0.00998. The summed E-state index contributed by atoms with van der Waals surface area (Å²) in [5.41, 5.74) is 1.20. The summed E-state index contributed by atoms with van der Waals surface area (Å²) < 4.78 is 10.8. The zero-order valence-corrected chi connectivity index (χ0v) is 15.3. The first-order valence-corrected chi connectivity index (χ1v) is 8.55. The molecule has 1 N–H and O–H groups in total. The van der Waals surface area contributed by atoms with Crippen LogP contribution in [0.5, 0.6) is 5.75 Å². The van der Waals surface area contributed by atoms with Crippen molar-refractivity contribution in [2.75, 3.05) is 26.8 Å². The quantitative estimate of drug-likeness (QED) is 0.678. The number of benzene rings is 1. The van der Waals surface area contributed by atoms with Crippen LogP contribution in [0, 0.1) is 5.92 Å². The molecule has 0 radical (unpaired) electrons.